The lowest BCUT2D eigenvalue weighted by Gasteiger charge is -2.45. The van der Waals surface area contributed by atoms with Crippen LogP contribution in [0, 0.1) is 5.82 Å². The molecule has 1 aliphatic rings. The average molecular weight is 290 g/mol. The summed E-state index contributed by atoms with van der Waals surface area (Å²) in [6, 6.07) is 1.12. The van der Waals surface area contributed by atoms with E-state index in [2.05, 4.69) is 10.1 Å². The molecule has 0 N–H and O–H groups in total. The van der Waals surface area contributed by atoms with E-state index in [0.29, 0.717) is 19.3 Å². The van der Waals surface area contributed by atoms with Crippen molar-refractivity contribution in [3.05, 3.63) is 29.1 Å². The highest BCUT2D eigenvalue weighted by Gasteiger charge is 2.57. The molecule has 0 aromatic carbocycles. The van der Waals surface area contributed by atoms with Crippen molar-refractivity contribution < 1.29 is 13.2 Å². The summed E-state index contributed by atoms with van der Waals surface area (Å²) in [7, 11) is 0. The van der Waals surface area contributed by atoms with Gasteiger partial charge >= 0.3 is 0 Å². The van der Waals surface area contributed by atoms with E-state index in [4.69, 9.17) is 11.6 Å². The number of rotatable bonds is 2. The molecular formula is C12H11ClF3N3. The third-order valence-electron chi connectivity index (χ3n) is 3.98. The Morgan fingerprint density at radius 3 is 2.63 bits per heavy atom. The van der Waals surface area contributed by atoms with Gasteiger partial charge in [0.2, 0.25) is 5.28 Å². The lowest BCUT2D eigenvalue weighted by atomic mass is 9.63. The zero-order valence-electron chi connectivity index (χ0n) is 10.1. The molecule has 0 spiro atoms. The van der Waals surface area contributed by atoms with E-state index in [1.165, 1.54) is 6.20 Å². The normalized spacial score (nSPS) is 18.6. The predicted octanol–water partition coefficient (Wildman–Crippen LogP) is 3.60. The molecule has 7 heteroatoms. The number of aromatic nitrogens is 3. The van der Waals surface area contributed by atoms with Crippen LogP contribution < -0.4 is 0 Å². The molecule has 1 saturated carbocycles. The van der Waals surface area contributed by atoms with E-state index in [1.54, 1.807) is 0 Å². The van der Waals surface area contributed by atoms with Gasteiger partial charge < -0.3 is 0 Å². The van der Waals surface area contributed by atoms with E-state index >= 15 is 0 Å². The number of nitrogens with zero attached hydrogens (tertiary/aromatic N) is 3. The SMILES string of the molecule is CC(F)(F)C1(c2cc(F)c3cnc(Cl)nn23)CCC1. The highest BCUT2D eigenvalue weighted by atomic mass is 35.5. The van der Waals surface area contributed by atoms with E-state index in [1.807, 2.05) is 0 Å². The van der Waals surface area contributed by atoms with E-state index in [-0.39, 0.29) is 16.5 Å². The molecule has 1 fully saturated rings. The quantitative estimate of drug-likeness (QED) is 0.845. The molecule has 0 saturated heterocycles. The Bertz CT molecular complexity index is 643. The van der Waals surface area contributed by atoms with Crippen LogP contribution in [0.15, 0.2) is 12.3 Å². The maximum absolute atomic E-state index is 13.9. The fourth-order valence-corrected chi connectivity index (χ4v) is 2.85. The van der Waals surface area contributed by atoms with Gasteiger partial charge in [0.25, 0.3) is 5.92 Å². The monoisotopic (exact) mass is 289 g/mol. The van der Waals surface area contributed by atoms with Crippen molar-refractivity contribution in [1.29, 1.82) is 0 Å². The Kier molecular flexibility index (Phi) is 2.58. The average Bonchev–Trinajstić information content (AvgIpc) is 2.52. The van der Waals surface area contributed by atoms with Crippen molar-refractivity contribution >= 4 is 17.1 Å². The van der Waals surface area contributed by atoms with Crippen LogP contribution in [0.2, 0.25) is 5.28 Å². The summed E-state index contributed by atoms with van der Waals surface area (Å²) in [5, 5.41) is 3.76. The second-order valence-electron chi connectivity index (χ2n) is 5.03. The van der Waals surface area contributed by atoms with Crippen molar-refractivity contribution in [1.82, 2.24) is 14.6 Å². The van der Waals surface area contributed by atoms with Crippen LogP contribution in [0.3, 0.4) is 0 Å². The highest BCUT2D eigenvalue weighted by Crippen LogP contribution is 2.54. The lowest BCUT2D eigenvalue weighted by molar-refractivity contribution is -0.0996. The van der Waals surface area contributed by atoms with Gasteiger partial charge in [-0.2, -0.15) is 0 Å². The topological polar surface area (TPSA) is 30.2 Å². The smallest absolute Gasteiger partial charge is 0.229 e. The lowest BCUT2D eigenvalue weighted by Crippen LogP contribution is -2.49. The molecule has 0 aliphatic heterocycles. The fraction of sp³-hybridized carbons (Fsp3) is 0.500. The van der Waals surface area contributed by atoms with Crippen molar-refractivity contribution in [2.24, 2.45) is 0 Å². The molecule has 0 amide bonds. The Morgan fingerprint density at radius 2 is 2.11 bits per heavy atom. The van der Waals surface area contributed by atoms with Gasteiger partial charge in [-0.05, 0) is 30.5 Å². The van der Waals surface area contributed by atoms with Crippen LogP contribution in [-0.2, 0) is 5.41 Å². The van der Waals surface area contributed by atoms with Gasteiger partial charge in [0.1, 0.15) is 5.52 Å². The van der Waals surface area contributed by atoms with Crippen LogP contribution >= 0.6 is 11.6 Å². The minimum atomic E-state index is -2.94. The Hall–Kier alpha value is -1.30. The van der Waals surface area contributed by atoms with Crippen LogP contribution in [0.25, 0.3) is 5.52 Å². The molecule has 3 rings (SSSR count). The second kappa shape index (κ2) is 3.85. The Morgan fingerprint density at radius 1 is 1.42 bits per heavy atom. The number of hydrogen-bond acceptors (Lipinski definition) is 2. The predicted molar refractivity (Wildman–Crippen MR) is 64.1 cm³/mol. The summed E-state index contributed by atoms with van der Waals surface area (Å²) in [6.07, 6.45) is 2.51. The Balaban J connectivity index is 2.28. The summed E-state index contributed by atoms with van der Waals surface area (Å²) >= 11 is 5.67. The first-order valence-corrected chi connectivity index (χ1v) is 6.31. The Labute approximate surface area is 112 Å². The summed E-state index contributed by atoms with van der Waals surface area (Å²) in [4.78, 5) is 3.68. The van der Waals surface area contributed by atoms with Crippen molar-refractivity contribution in [2.45, 2.75) is 37.5 Å². The molecule has 2 aromatic rings. The summed E-state index contributed by atoms with van der Waals surface area (Å²) in [5.41, 5.74) is -1.13. The van der Waals surface area contributed by atoms with Crippen molar-refractivity contribution in [2.75, 3.05) is 0 Å². The minimum Gasteiger partial charge on any atom is -0.229 e. The van der Waals surface area contributed by atoms with E-state index in [0.717, 1.165) is 17.5 Å². The molecule has 19 heavy (non-hydrogen) atoms. The molecule has 2 aromatic heterocycles. The van der Waals surface area contributed by atoms with E-state index in [9.17, 15) is 13.2 Å². The molecule has 0 radical (unpaired) electrons. The first-order valence-electron chi connectivity index (χ1n) is 5.93. The maximum Gasteiger partial charge on any atom is 0.256 e. The number of halogens is 4. The number of alkyl halides is 2. The van der Waals surface area contributed by atoms with Gasteiger partial charge in [-0.3, -0.25) is 0 Å². The second-order valence-corrected chi connectivity index (χ2v) is 5.36. The molecule has 3 nitrogen and oxygen atoms in total. The summed E-state index contributed by atoms with van der Waals surface area (Å²) < 4.78 is 42.9. The molecule has 102 valence electrons. The largest absolute Gasteiger partial charge is 0.256 e. The van der Waals surface area contributed by atoms with Gasteiger partial charge in [-0.15, -0.1) is 5.10 Å². The zero-order valence-corrected chi connectivity index (χ0v) is 10.9. The third-order valence-corrected chi connectivity index (χ3v) is 4.15. The van der Waals surface area contributed by atoms with Gasteiger partial charge in [-0.25, -0.2) is 22.7 Å². The van der Waals surface area contributed by atoms with Gasteiger partial charge in [-0.1, -0.05) is 6.42 Å². The molecule has 0 bridgehead atoms. The van der Waals surface area contributed by atoms with Crippen molar-refractivity contribution in [3.63, 3.8) is 0 Å². The first kappa shape index (κ1) is 12.7. The summed E-state index contributed by atoms with van der Waals surface area (Å²) in [5.74, 6) is -3.55. The van der Waals surface area contributed by atoms with Crippen LogP contribution in [0.1, 0.15) is 31.9 Å². The molecule has 0 unspecified atom stereocenters. The van der Waals surface area contributed by atoms with Crippen LogP contribution in [0.4, 0.5) is 13.2 Å². The minimum absolute atomic E-state index is 0.0647. The van der Waals surface area contributed by atoms with Crippen molar-refractivity contribution in [3.8, 4) is 0 Å². The zero-order chi connectivity index (χ0) is 13.8. The third kappa shape index (κ3) is 1.65. The first-order chi connectivity index (χ1) is 8.85. The number of hydrogen-bond donors (Lipinski definition) is 0. The molecule has 2 heterocycles. The van der Waals surface area contributed by atoms with Crippen LogP contribution in [0.5, 0.6) is 0 Å². The number of fused-ring (bicyclic) bond motifs is 1. The fourth-order valence-electron chi connectivity index (χ4n) is 2.72. The van der Waals surface area contributed by atoms with Gasteiger partial charge in [0.15, 0.2) is 5.82 Å². The molecular weight excluding hydrogens is 279 g/mol. The van der Waals surface area contributed by atoms with Gasteiger partial charge in [0, 0.05) is 6.92 Å². The standard InChI is InChI=1S/C12H11ClF3N3/c1-11(15,16)12(3-2-4-12)9-5-7(14)8-6-17-10(13)18-19(8)9/h5-6H,2-4H2,1H3. The van der Waals surface area contributed by atoms with E-state index < -0.39 is 17.2 Å². The van der Waals surface area contributed by atoms with Gasteiger partial charge in [0.05, 0.1) is 17.3 Å². The van der Waals surface area contributed by atoms with Crippen LogP contribution in [-0.4, -0.2) is 20.5 Å². The highest BCUT2D eigenvalue weighted by molar-refractivity contribution is 6.28. The maximum atomic E-state index is 13.9. The molecule has 1 aliphatic carbocycles. The molecule has 0 atom stereocenters. The summed E-state index contributed by atoms with van der Waals surface area (Å²) in [6.45, 7) is 0.867.